The number of amides is 1. The van der Waals surface area contributed by atoms with Gasteiger partial charge in [-0.1, -0.05) is 6.07 Å². The van der Waals surface area contributed by atoms with E-state index in [1.165, 1.54) is 54.7 Å². The number of alkyl halides is 3. The molecule has 1 aliphatic heterocycles. The highest BCUT2D eigenvalue weighted by Gasteiger charge is 2.37. The number of hydrogen-bond acceptors (Lipinski definition) is 4. The predicted octanol–water partition coefficient (Wildman–Crippen LogP) is 4.46. The Bertz CT molecular complexity index is 1100. The minimum absolute atomic E-state index is 0.0372. The maximum absolute atomic E-state index is 14.1. The molecule has 162 valence electrons. The Kier molecular flexibility index (Phi) is 5.30. The SMILES string of the molecule is COc1ccc(F)c(NC2CCN(c3ccc(-c4cn[nH]c4)c(C(F)(F)F)c3)C2=O)c1. The Balaban J connectivity index is 1.60. The summed E-state index contributed by atoms with van der Waals surface area (Å²) in [6, 6.07) is 7.04. The lowest BCUT2D eigenvalue weighted by atomic mass is 10.0. The van der Waals surface area contributed by atoms with Crippen molar-refractivity contribution in [3.8, 4) is 16.9 Å². The van der Waals surface area contributed by atoms with Crippen LogP contribution in [-0.2, 0) is 11.0 Å². The fourth-order valence-electron chi connectivity index (χ4n) is 3.58. The number of aromatic nitrogens is 2. The minimum Gasteiger partial charge on any atom is -0.497 e. The third kappa shape index (κ3) is 4.05. The molecule has 6 nitrogen and oxygen atoms in total. The molecule has 1 unspecified atom stereocenters. The topological polar surface area (TPSA) is 70.2 Å². The van der Waals surface area contributed by atoms with Crippen LogP contribution in [0.25, 0.3) is 11.1 Å². The van der Waals surface area contributed by atoms with Gasteiger partial charge in [-0.3, -0.25) is 9.89 Å². The Morgan fingerprint density at radius 3 is 2.71 bits per heavy atom. The van der Waals surface area contributed by atoms with Gasteiger partial charge in [0, 0.05) is 30.1 Å². The summed E-state index contributed by atoms with van der Waals surface area (Å²) >= 11 is 0. The second-order valence-electron chi connectivity index (χ2n) is 7.04. The van der Waals surface area contributed by atoms with Gasteiger partial charge in [0.1, 0.15) is 17.6 Å². The summed E-state index contributed by atoms with van der Waals surface area (Å²) in [7, 11) is 1.44. The monoisotopic (exact) mass is 434 g/mol. The molecule has 4 rings (SSSR count). The van der Waals surface area contributed by atoms with Crippen molar-refractivity contribution in [2.24, 2.45) is 0 Å². The van der Waals surface area contributed by atoms with Gasteiger partial charge in [-0.2, -0.15) is 18.3 Å². The molecule has 3 aromatic rings. The van der Waals surface area contributed by atoms with Crippen LogP contribution in [0.15, 0.2) is 48.8 Å². The van der Waals surface area contributed by atoms with E-state index in [2.05, 4.69) is 15.5 Å². The molecule has 0 aliphatic carbocycles. The molecule has 2 heterocycles. The first kappa shape index (κ1) is 20.7. The number of hydrogen-bond donors (Lipinski definition) is 2. The van der Waals surface area contributed by atoms with Crippen molar-refractivity contribution in [3.63, 3.8) is 0 Å². The third-order valence-corrected chi connectivity index (χ3v) is 5.14. The van der Waals surface area contributed by atoms with Crippen molar-refractivity contribution in [2.75, 3.05) is 23.9 Å². The van der Waals surface area contributed by atoms with E-state index in [0.29, 0.717) is 17.7 Å². The van der Waals surface area contributed by atoms with Crippen LogP contribution in [0, 0.1) is 5.82 Å². The molecule has 0 saturated carbocycles. The maximum Gasteiger partial charge on any atom is 0.417 e. The minimum atomic E-state index is -4.62. The fraction of sp³-hybridized carbons (Fsp3) is 0.238. The summed E-state index contributed by atoms with van der Waals surface area (Å²) in [5, 5.41) is 9.02. The van der Waals surface area contributed by atoms with Crippen molar-refractivity contribution >= 4 is 17.3 Å². The highest BCUT2D eigenvalue weighted by atomic mass is 19.4. The zero-order chi connectivity index (χ0) is 22.2. The first-order valence-corrected chi connectivity index (χ1v) is 9.40. The van der Waals surface area contributed by atoms with Gasteiger partial charge >= 0.3 is 6.18 Å². The number of anilines is 2. The lowest BCUT2D eigenvalue weighted by Crippen LogP contribution is -2.33. The van der Waals surface area contributed by atoms with Gasteiger partial charge in [0.2, 0.25) is 5.91 Å². The number of rotatable bonds is 5. The number of ether oxygens (including phenoxy) is 1. The van der Waals surface area contributed by atoms with E-state index in [0.717, 1.165) is 6.07 Å². The number of benzene rings is 2. The number of methoxy groups -OCH3 is 1. The van der Waals surface area contributed by atoms with E-state index in [9.17, 15) is 22.4 Å². The number of halogens is 4. The Morgan fingerprint density at radius 1 is 1.23 bits per heavy atom. The number of aromatic amines is 1. The zero-order valence-electron chi connectivity index (χ0n) is 16.3. The van der Waals surface area contributed by atoms with Gasteiger partial charge in [-0.05, 0) is 36.2 Å². The number of H-pyrrole nitrogens is 1. The molecule has 0 spiro atoms. The summed E-state index contributed by atoms with van der Waals surface area (Å²) in [5.74, 6) is -0.585. The first-order chi connectivity index (χ1) is 14.8. The van der Waals surface area contributed by atoms with Crippen LogP contribution < -0.4 is 15.0 Å². The average Bonchev–Trinajstić information content (AvgIpc) is 3.39. The summed E-state index contributed by atoms with van der Waals surface area (Å²) in [5.41, 5.74) is -0.398. The number of nitrogens with zero attached hydrogens (tertiary/aromatic N) is 2. The average molecular weight is 434 g/mol. The molecule has 0 bridgehead atoms. The lowest BCUT2D eigenvalue weighted by molar-refractivity contribution is -0.137. The molecule has 10 heteroatoms. The molecule has 1 aliphatic rings. The highest BCUT2D eigenvalue weighted by molar-refractivity contribution is 6.01. The van der Waals surface area contributed by atoms with Crippen LogP contribution >= 0.6 is 0 Å². The molecule has 1 aromatic heterocycles. The summed E-state index contributed by atoms with van der Waals surface area (Å²) in [6.45, 7) is 0.199. The quantitative estimate of drug-likeness (QED) is 0.582. The number of carbonyl (C=O) groups is 1. The van der Waals surface area contributed by atoms with Crippen molar-refractivity contribution in [3.05, 3.63) is 60.2 Å². The molecular formula is C21H18F4N4O2. The molecule has 2 aromatic carbocycles. The van der Waals surface area contributed by atoms with E-state index in [1.54, 1.807) is 0 Å². The molecule has 1 saturated heterocycles. The summed E-state index contributed by atoms with van der Waals surface area (Å²) in [6.07, 6.45) is -1.64. The van der Waals surface area contributed by atoms with E-state index < -0.39 is 29.5 Å². The first-order valence-electron chi connectivity index (χ1n) is 9.40. The Hall–Kier alpha value is -3.56. The maximum atomic E-state index is 14.1. The van der Waals surface area contributed by atoms with Crippen molar-refractivity contribution in [1.29, 1.82) is 0 Å². The second kappa shape index (κ2) is 7.93. The summed E-state index contributed by atoms with van der Waals surface area (Å²) in [4.78, 5) is 14.1. The van der Waals surface area contributed by atoms with Crippen LogP contribution in [0.4, 0.5) is 28.9 Å². The van der Waals surface area contributed by atoms with Crippen LogP contribution in [0.5, 0.6) is 5.75 Å². The van der Waals surface area contributed by atoms with Crippen LogP contribution in [-0.4, -0.2) is 35.8 Å². The van der Waals surface area contributed by atoms with E-state index in [-0.39, 0.29) is 23.5 Å². The molecule has 1 amide bonds. The largest absolute Gasteiger partial charge is 0.497 e. The second-order valence-corrected chi connectivity index (χ2v) is 7.04. The predicted molar refractivity (Wildman–Crippen MR) is 106 cm³/mol. The van der Waals surface area contributed by atoms with Gasteiger partial charge in [0.15, 0.2) is 0 Å². The Morgan fingerprint density at radius 2 is 2.03 bits per heavy atom. The molecule has 31 heavy (non-hydrogen) atoms. The van der Waals surface area contributed by atoms with Gasteiger partial charge in [-0.15, -0.1) is 0 Å². The zero-order valence-corrected chi connectivity index (χ0v) is 16.3. The smallest absolute Gasteiger partial charge is 0.417 e. The lowest BCUT2D eigenvalue weighted by Gasteiger charge is -2.21. The summed E-state index contributed by atoms with van der Waals surface area (Å²) < 4.78 is 60.2. The van der Waals surface area contributed by atoms with Crippen molar-refractivity contribution < 1.29 is 27.1 Å². The normalized spacial score (nSPS) is 16.6. The van der Waals surface area contributed by atoms with E-state index in [1.807, 2.05) is 0 Å². The fourth-order valence-corrected chi connectivity index (χ4v) is 3.58. The molecule has 1 atom stereocenters. The highest BCUT2D eigenvalue weighted by Crippen LogP contribution is 2.39. The van der Waals surface area contributed by atoms with Gasteiger partial charge in [0.25, 0.3) is 0 Å². The van der Waals surface area contributed by atoms with Crippen molar-refractivity contribution in [1.82, 2.24) is 10.2 Å². The van der Waals surface area contributed by atoms with Crippen molar-refractivity contribution in [2.45, 2.75) is 18.6 Å². The molecule has 2 N–H and O–H groups in total. The standard InChI is InChI=1S/C21H18F4N4O2/c1-31-14-3-5-17(22)19(9-14)28-18-6-7-29(20(18)30)13-2-4-15(12-10-26-27-11-12)16(8-13)21(23,24)25/h2-5,8-11,18,28H,6-7H2,1H3,(H,26,27). The van der Waals surface area contributed by atoms with Crippen LogP contribution in [0.2, 0.25) is 0 Å². The number of carbonyl (C=O) groups excluding carboxylic acids is 1. The third-order valence-electron chi connectivity index (χ3n) is 5.14. The van der Waals surface area contributed by atoms with E-state index in [4.69, 9.17) is 4.74 Å². The van der Waals surface area contributed by atoms with Crippen LogP contribution in [0.1, 0.15) is 12.0 Å². The van der Waals surface area contributed by atoms with Gasteiger partial charge in [0.05, 0.1) is 24.6 Å². The molecular weight excluding hydrogens is 416 g/mol. The van der Waals surface area contributed by atoms with Gasteiger partial charge < -0.3 is 15.0 Å². The molecule has 0 radical (unpaired) electrons. The Labute approximate surface area is 174 Å². The van der Waals surface area contributed by atoms with Gasteiger partial charge in [-0.25, -0.2) is 4.39 Å². The van der Waals surface area contributed by atoms with Crippen LogP contribution in [0.3, 0.4) is 0 Å². The molecule has 1 fully saturated rings. The van der Waals surface area contributed by atoms with E-state index >= 15 is 0 Å². The number of nitrogens with one attached hydrogen (secondary N) is 2.